The summed E-state index contributed by atoms with van der Waals surface area (Å²) in [7, 11) is 1.51. The first-order valence-corrected chi connectivity index (χ1v) is 6.23. The van der Waals surface area contributed by atoms with Crippen molar-refractivity contribution in [3.05, 3.63) is 23.8 Å². The van der Waals surface area contributed by atoms with Crippen LogP contribution in [0.1, 0.15) is 18.4 Å². The summed E-state index contributed by atoms with van der Waals surface area (Å²) in [5.74, 6) is 0.936. The summed E-state index contributed by atoms with van der Waals surface area (Å²) >= 11 is 0. The zero-order valence-electron chi connectivity index (χ0n) is 10.9. The summed E-state index contributed by atoms with van der Waals surface area (Å²) in [6.45, 7) is 1.63. The van der Waals surface area contributed by atoms with Gasteiger partial charge in [0.2, 0.25) is 0 Å². The van der Waals surface area contributed by atoms with Crippen LogP contribution in [0, 0.1) is 11.3 Å². The molecule has 1 aromatic carbocycles. The number of hydrogen-bond acceptors (Lipinski definition) is 4. The number of carbonyl (C=O) groups excluding carboxylic acids is 1. The Hall–Kier alpha value is -2.22. The molecule has 1 amide bonds. The fraction of sp³-hybridized carbons (Fsp3) is 0.429. The number of benzene rings is 1. The first-order valence-electron chi connectivity index (χ1n) is 6.23. The van der Waals surface area contributed by atoms with Gasteiger partial charge in [0.05, 0.1) is 18.7 Å². The monoisotopic (exact) mass is 260 g/mol. The van der Waals surface area contributed by atoms with Crippen LogP contribution in [0.3, 0.4) is 0 Å². The van der Waals surface area contributed by atoms with Gasteiger partial charge in [-0.2, -0.15) is 5.26 Å². The van der Waals surface area contributed by atoms with E-state index in [1.54, 1.807) is 23.1 Å². The molecule has 5 nitrogen and oxygen atoms in total. The van der Waals surface area contributed by atoms with Crippen LogP contribution >= 0.6 is 0 Å². The zero-order chi connectivity index (χ0) is 13.7. The van der Waals surface area contributed by atoms with Gasteiger partial charge in [-0.25, -0.2) is 0 Å². The molecule has 0 aliphatic carbocycles. The van der Waals surface area contributed by atoms with E-state index in [0.717, 1.165) is 25.9 Å². The molecule has 100 valence electrons. The molecule has 5 heteroatoms. The molecule has 0 aromatic heterocycles. The van der Waals surface area contributed by atoms with E-state index in [0.29, 0.717) is 17.1 Å². The molecule has 19 heavy (non-hydrogen) atoms. The molecule has 1 saturated heterocycles. The molecule has 0 unspecified atom stereocenters. The molecule has 1 aromatic rings. The number of amides is 1. The van der Waals surface area contributed by atoms with Crippen LogP contribution < -0.4 is 9.47 Å². The number of nitrogens with zero attached hydrogens (tertiary/aromatic N) is 2. The van der Waals surface area contributed by atoms with E-state index >= 15 is 0 Å². The van der Waals surface area contributed by atoms with Crippen molar-refractivity contribution in [2.75, 3.05) is 26.8 Å². The smallest absolute Gasteiger partial charge is 0.260 e. The molecule has 0 N–H and O–H groups in total. The Morgan fingerprint density at radius 1 is 1.37 bits per heavy atom. The Morgan fingerprint density at radius 2 is 2.11 bits per heavy atom. The SMILES string of the molecule is COc1cc(C#N)ccc1OCC(=O)N1CCCC1. The minimum Gasteiger partial charge on any atom is -0.493 e. The van der Waals surface area contributed by atoms with Crippen molar-refractivity contribution >= 4 is 5.91 Å². The predicted octanol–water partition coefficient (Wildman–Crippen LogP) is 1.57. The molecule has 1 fully saturated rings. The van der Waals surface area contributed by atoms with Gasteiger partial charge >= 0.3 is 0 Å². The highest BCUT2D eigenvalue weighted by atomic mass is 16.5. The Labute approximate surface area is 112 Å². The second kappa shape index (κ2) is 6.10. The van der Waals surface area contributed by atoms with E-state index in [2.05, 4.69) is 0 Å². The largest absolute Gasteiger partial charge is 0.493 e. The van der Waals surface area contributed by atoms with Crippen LogP contribution in [0.2, 0.25) is 0 Å². The van der Waals surface area contributed by atoms with E-state index in [4.69, 9.17) is 14.7 Å². The Bertz CT molecular complexity index is 502. The number of rotatable bonds is 4. The minimum atomic E-state index is -0.0103. The van der Waals surface area contributed by atoms with Gasteiger partial charge in [-0.05, 0) is 25.0 Å². The van der Waals surface area contributed by atoms with Crippen molar-refractivity contribution < 1.29 is 14.3 Å². The van der Waals surface area contributed by atoms with Gasteiger partial charge in [0.15, 0.2) is 18.1 Å². The van der Waals surface area contributed by atoms with Crippen LogP contribution in [0.15, 0.2) is 18.2 Å². The maximum absolute atomic E-state index is 11.8. The number of likely N-dealkylation sites (tertiary alicyclic amines) is 1. The molecule has 0 saturated carbocycles. The summed E-state index contributed by atoms with van der Waals surface area (Å²) in [5.41, 5.74) is 0.495. The maximum Gasteiger partial charge on any atom is 0.260 e. The Kier molecular flexibility index (Phi) is 4.24. The third-order valence-electron chi connectivity index (χ3n) is 3.10. The normalized spacial score (nSPS) is 14.0. The summed E-state index contributed by atoms with van der Waals surface area (Å²) in [6.07, 6.45) is 2.12. The summed E-state index contributed by atoms with van der Waals surface area (Å²) in [4.78, 5) is 13.7. The number of ether oxygens (including phenoxy) is 2. The van der Waals surface area contributed by atoms with Gasteiger partial charge in [-0.15, -0.1) is 0 Å². The maximum atomic E-state index is 11.8. The lowest BCUT2D eigenvalue weighted by atomic mass is 10.2. The van der Waals surface area contributed by atoms with E-state index in [-0.39, 0.29) is 12.5 Å². The first-order chi connectivity index (χ1) is 9.24. The minimum absolute atomic E-state index is 0.00224. The van der Waals surface area contributed by atoms with Crippen LogP contribution in [0.25, 0.3) is 0 Å². The average Bonchev–Trinajstić information content (AvgIpc) is 2.98. The van der Waals surface area contributed by atoms with E-state index in [1.807, 2.05) is 6.07 Å². The Balaban J connectivity index is 1.99. The third-order valence-corrected chi connectivity index (χ3v) is 3.10. The summed E-state index contributed by atoms with van der Waals surface area (Å²) < 4.78 is 10.6. The zero-order valence-corrected chi connectivity index (χ0v) is 10.9. The van der Waals surface area contributed by atoms with Crippen LogP contribution in [0.4, 0.5) is 0 Å². The fourth-order valence-corrected chi connectivity index (χ4v) is 2.05. The van der Waals surface area contributed by atoms with Gasteiger partial charge in [-0.3, -0.25) is 4.79 Å². The lowest BCUT2D eigenvalue weighted by Crippen LogP contribution is -2.32. The van der Waals surface area contributed by atoms with Gasteiger partial charge in [0.1, 0.15) is 0 Å². The highest BCUT2D eigenvalue weighted by molar-refractivity contribution is 5.78. The van der Waals surface area contributed by atoms with Gasteiger partial charge in [0.25, 0.3) is 5.91 Å². The highest BCUT2D eigenvalue weighted by Crippen LogP contribution is 2.27. The third kappa shape index (κ3) is 3.16. The quantitative estimate of drug-likeness (QED) is 0.824. The van der Waals surface area contributed by atoms with Crippen LogP contribution in [-0.4, -0.2) is 37.6 Å². The number of hydrogen-bond donors (Lipinski definition) is 0. The highest BCUT2D eigenvalue weighted by Gasteiger charge is 2.18. The standard InChI is InChI=1S/C14H16N2O3/c1-18-13-8-11(9-15)4-5-12(13)19-10-14(17)16-6-2-3-7-16/h4-5,8H,2-3,6-7,10H2,1H3. The Morgan fingerprint density at radius 3 is 2.74 bits per heavy atom. The van der Waals surface area contributed by atoms with Crippen LogP contribution in [-0.2, 0) is 4.79 Å². The second-order valence-electron chi connectivity index (χ2n) is 4.35. The molecule has 2 rings (SSSR count). The van der Waals surface area contributed by atoms with E-state index in [9.17, 15) is 4.79 Å². The molecule has 0 atom stereocenters. The summed E-state index contributed by atoms with van der Waals surface area (Å²) in [5, 5.41) is 8.80. The van der Waals surface area contributed by atoms with Crippen molar-refractivity contribution in [3.8, 4) is 17.6 Å². The van der Waals surface area contributed by atoms with Crippen molar-refractivity contribution in [1.29, 1.82) is 5.26 Å². The molecule has 1 heterocycles. The number of nitriles is 1. The average molecular weight is 260 g/mol. The molecular formula is C14H16N2O3. The van der Waals surface area contributed by atoms with Crippen molar-refractivity contribution in [2.45, 2.75) is 12.8 Å². The lowest BCUT2D eigenvalue weighted by molar-refractivity contribution is -0.132. The van der Waals surface area contributed by atoms with Crippen molar-refractivity contribution in [2.24, 2.45) is 0 Å². The number of carbonyl (C=O) groups is 1. The lowest BCUT2D eigenvalue weighted by Gasteiger charge is -2.16. The fourth-order valence-electron chi connectivity index (χ4n) is 2.05. The van der Waals surface area contributed by atoms with Crippen molar-refractivity contribution in [1.82, 2.24) is 4.90 Å². The topological polar surface area (TPSA) is 62.6 Å². The molecule has 1 aliphatic rings. The van der Waals surface area contributed by atoms with Gasteiger partial charge in [-0.1, -0.05) is 0 Å². The second-order valence-corrected chi connectivity index (χ2v) is 4.35. The predicted molar refractivity (Wildman–Crippen MR) is 69.0 cm³/mol. The molecular weight excluding hydrogens is 244 g/mol. The number of methoxy groups -OCH3 is 1. The van der Waals surface area contributed by atoms with E-state index in [1.165, 1.54) is 7.11 Å². The van der Waals surface area contributed by atoms with E-state index < -0.39 is 0 Å². The molecule has 1 aliphatic heterocycles. The van der Waals surface area contributed by atoms with Gasteiger partial charge in [0, 0.05) is 19.2 Å². The molecule has 0 spiro atoms. The molecule has 0 radical (unpaired) electrons. The van der Waals surface area contributed by atoms with Gasteiger partial charge < -0.3 is 14.4 Å². The molecule has 0 bridgehead atoms. The first kappa shape index (κ1) is 13.2. The van der Waals surface area contributed by atoms with Crippen molar-refractivity contribution in [3.63, 3.8) is 0 Å². The van der Waals surface area contributed by atoms with Crippen LogP contribution in [0.5, 0.6) is 11.5 Å². The summed E-state index contributed by atoms with van der Waals surface area (Å²) in [6, 6.07) is 6.91.